The van der Waals surface area contributed by atoms with Crippen molar-refractivity contribution in [3.05, 3.63) is 0 Å². The SMILES string of the molecule is COCCN1C(=O)C(C)(C)NC1(C)C. The summed E-state index contributed by atoms with van der Waals surface area (Å²) < 4.78 is 4.99. The summed E-state index contributed by atoms with van der Waals surface area (Å²) in [5.74, 6) is 0.138. The Morgan fingerprint density at radius 2 is 1.93 bits per heavy atom. The third-order valence-corrected chi connectivity index (χ3v) is 2.59. The van der Waals surface area contributed by atoms with E-state index in [0.717, 1.165) is 0 Å². The second kappa shape index (κ2) is 3.51. The van der Waals surface area contributed by atoms with Crippen LogP contribution in [-0.2, 0) is 9.53 Å². The molecule has 1 rings (SSSR count). The van der Waals surface area contributed by atoms with Crippen molar-refractivity contribution in [1.82, 2.24) is 10.2 Å². The van der Waals surface area contributed by atoms with Crippen molar-refractivity contribution in [2.24, 2.45) is 0 Å². The Bertz CT molecular complexity index is 236. The van der Waals surface area contributed by atoms with Gasteiger partial charge in [-0.05, 0) is 27.7 Å². The quantitative estimate of drug-likeness (QED) is 0.724. The summed E-state index contributed by atoms with van der Waals surface area (Å²) in [6.07, 6.45) is 0. The van der Waals surface area contributed by atoms with Gasteiger partial charge in [0.25, 0.3) is 0 Å². The van der Waals surface area contributed by atoms with E-state index in [1.54, 1.807) is 7.11 Å². The molecule has 1 heterocycles. The lowest BCUT2D eigenvalue weighted by Crippen LogP contribution is -2.49. The van der Waals surface area contributed by atoms with Crippen molar-refractivity contribution >= 4 is 5.91 Å². The van der Waals surface area contributed by atoms with Gasteiger partial charge >= 0.3 is 0 Å². The van der Waals surface area contributed by atoms with Crippen molar-refractivity contribution in [3.8, 4) is 0 Å². The minimum absolute atomic E-state index is 0.138. The van der Waals surface area contributed by atoms with Crippen LogP contribution in [0.3, 0.4) is 0 Å². The van der Waals surface area contributed by atoms with Gasteiger partial charge in [0, 0.05) is 13.7 Å². The van der Waals surface area contributed by atoms with Gasteiger partial charge in [0.2, 0.25) is 5.91 Å². The number of rotatable bonds is 3. The van der Waals surface area contributed by atoms with E-state index >= 15 is 0 Å². The van der Waals surface area contributed by atoms with Crippen molar-refractivity contribution in [3.63, 3.8) is 0 Å². The Morgan fingerprint density at radius 3 is 2.29 bits per heavy atom. The van der Waals surface area contributed by atoms with Crippen LogP contribution in [0.5, 0.6) is 0 Å². The van der Waals surface area contributed by atoms with Crippen LogP contribution in [0.25, 0.3) is 0 Å². The average Bonchev–Trinajstić information content (AvgIpc) is 2.16. The maximum absolute atomic E-state index is 12.0. The van der Waals surface area contributed by atoms with E-state index in [0.29, 0.717) is 13.2 Å². The first-order valence-corrected chi connectivity index (χ1v) is 4.91. The Hall–Kier alpha value is -0.610. The number of carbonyl (C=O) groups excluding carboxylic acids is 1. The molecule has 0 atom stereocenters. The summed E-state index contributed by atoms with van der Waals surface area (Å²) in [6, 6.07) is 0. The zero-order valence-corrected chi connectivity index (χ0v) is 9.68. The van der Waals surface area contributed by atoms with E-state index in [-0.39, 0.29) is 11.6 Å². The summed E-state index contributed by atoms with van der Waals surface area (Å²) in [6.45, 7) is 9.05. The number of methoxy groups -OCH3 is 1. The molecule has 0 aromatic heterocycles. The molecule has 0 saturated carbocycles. The molecular weight excluding hydrogens is 180 g/mol. The molecule has 1 N–H and O–H groups in total. The van der Waals surface area contributed by atoms with E-state index in [2.05, 4.69) is 5.32 Å². The van der Waals surface area contributed by atoms with E-state index in [1.165, 1.54) is 0 Å². The normalized spacial score (nSPS) is 24.4. The Labute approximate surface area is 85.6 Å². The van der Waals surface area contributed by atoms with Crippen molar-refractivity contribution in [1.29, 1.82) is 0 Å². The van der Waals surface area contributed by atoms with Crippen molar-refractivity contribution in [2.45, 2.75) is 38.9 Å². The molecule has 1 aliphatic heterocycles. The standard InChI is InChI=1S/C10H20N2O2/c1-9(2)8(13)12(6-7-14-5)10(3,4)11-9/h11H,6-7H2,1-5H3. The van der Waals surface area contributed by atoms with Crippen LogP contribution < -0.4 is 5.32 Å². The fourth-order valence-corrected chi connectivity index (χ4v) is 2.04. The van der Waals surface area contributed by atoms with Gasteiger partial charge in [-0.1, -0.05) is 0 Å². The first kappa shape index (κ1) is 11.5. The molecule has 1 fully saturated rings. The first-order chi connectivity index (χ1) is 6.31. The smallest absolute Gasteiger partial charge is 0.243 e. The van der Waals surface area contributed by atoms with Gasteiger partial charge in [0.1, 0.15) is 0 Å². The molecular formula is C10H20N2O2. The average molecular weight is 200 g/mol. The fourth-order valence-electron chi connectivity index (χ4n) is 2.04. The number of carbonyl (C=O) groups is 1. The molecule has 0 radical (unpaired) electrons. The largest absolute Gasteiger partial charge is 0.383 e. The lowest BCUT2D eigenvalue weighted by atomic mass is 10.1. The maximum Gasteiger partial charge on any atom is 0.243 e. The molecule has 0 aromatic carbocycles. The second-order valence-corrected chi connectivity index (χ2v) is 4.76. The molecule has 4 nitrogen and oxygen atoms in total. The summed E-state index contributed by atoms with van der Waals surface area (Å²) in [4.78, 5) is 13.8. The molecule has 0 aromatic rings. The second-order valence-electron chi connectivity index (χ2n) is 4.76. The van der Waals surface area contributed by atoms with Gasteiger partial charge in [0.15, 0.2) is 0 Å². The van der Waals surface area contributed by atoms with Crippen LogP contribution in [0.15, 0.2) is 0 Å². The van der Waals surface area contributed by atoms with Crippen molar-refractivity contribution < 1.29 is 9.53 Å². The summed E-state index contributed by atoms with van der Waals surface area (Å²) >= 11 is 0. The number of nitrogens with zero attached hydrogens (tertiary/aromatic N) is 1. The van der Waals surface area contributed by atoms with E-state index in [1.807, 2.05) is 32.6 Å². The third-order valence-electron chi connectivity index (χ3n) is 2.59. The van der Waals surface area contributed by atoms with E-state index < -0.39 is 5.54 Å². The lowest BCUT2D eigenvalue weighted by molar-refractivity contribution is -0.134. The van der Waals surface area contributed by atoms with Crippen LogP contribution >= 0.6 is 0 Å². The first-order valence-electron chi connectivity index (χ1n) is 4.91. The van der Waals surface area contributed by atoms with E-state index in [4.69, 9.17) is 4.74 Å². The number of hydrogen-bond acceptors (Lipinski definition) is 3. The van der Waals surface area contributed by atoms with Crippen LogP contribution in [0.4, 0.5) is 0 Å². The predicted molar refractivity (Wildman–Crippen MR) is 54.9 cm³/mol. The Balaban J connectivity index is 2.77. The van der Waals surface area contributed by atoms with Crippen molar-refractivity contribution in [2.75, 3.05) is 20.3 Å². The predicted octanol–water partition coefficient (Wildman–Crippen LogP) is 0.579. The molecule has 82 valence electrons. The fraction of sp³-hybridized carbons (Fsp3) is 0.900. The molecule has 14 heavy (non-hydrogen) atoms. The summed E-state index contributed by atoms with van der Waals surface area (Å²) in [7, 11) is 1.64. The molecule has 4 heteroatoms. The summed E-state index contributed by atoms with van der Waals surface area (Å²) in [5.41, 5.74) is -0.740. The van der Waals surface area contributed by atoms with Crippen LogP contribution in [0, 0.1) is 0 Å². The molecule has 0 unspecified atom stereocenters. The highest BCUT2D eigenvalue weighted by molar-refractivity contribution is 5.88. The van der Waals surface area contributed by atoms with Gasteiger partial charge in [0.05, 0.1) is 17.8 Å². The maximum atomic E-state index is 12.0. The van der Waals surface area contributed by atoms with Gasteiger partial charge in [-0.2, -0.15) is 0 Å². The number of hydrogen-bond donors (Lipinski definition) is 1. The molecule has 0 aliphatic carbocycles. The number of nitrogens with one attached hydrogen (secondary N) is 1. The molecule has 1 amide bonds. The van der Waals surface area contributed by atoms with Crippen LogP contribution in [-0.4, -0.2) is 42.3 Å². The highest BCUT2D eigenvalue weighted by Crippen LogP contribution is 2.26. The monoisotopic (exact) mass is 200 g/mol. The number of ether oxygens (including phenoxy) is 1. The zero-order chi connectivity index (χ0) is 11.0. The van der Waals surface area contributed by atoms with Gasteiger partial charge < -0.3 is 9.64 Å². The topological polar surface area (TPSA) is 41.6 Å². The zero-order valence-electron chi connectivity index (χ0n) is 9.68. The number of amides is 1. The minimum atomic E-state index is -0.461. The Morgan fingerprint density at radius 1 is 1.36 bits per heavy atom. The summed E-state index contributed by atoms with van der Waals surface area (Å²) in [5, 5.41) is 3.30. The highest BCUT2D eigenvalue weighted by Gasteiger charge is 2.48. The van der Waals surface area contributed by atoms with Crippen LogP contribution in [0.2, 0.25) is 0 Å². The van der Waals surface area contributed by atoms with Crippen LogP contribution in [0.1, 0.15) is 27.7 Å². The molecule has 1 saturated heterocycles. The van der Waals surface area contributed by atoms with Gasteiger partial charge in [-0.3, -0.25) is 10.1 Å². The molecule has 0 spiro atoms. The Kier molecular flexibility index (Phi) is 2.88. The van der Waals surface area contributed by atoms with Gasteiger partial charge in [-0.15, -0.1) is 0 Å². The minimum Gasteiger partial charge on any atom is -0.383 e. The molecule has 0 bridgehead atoms. The molecule has 1 aliphatic rings. The van der Waals surface area contributed by atoms with Gasteiger partial charge in [-0.25, -0.2) is 0 Å². The lowest BCUT2D eigenvalue weighted by Gasteiger charge is -2.30. The third kappa shape index (κ3) is 1.91. The van der Waals surface area contributed by atoms with E-state index in [9.17, 15) is 4.79 Å². The highest BCUT2D eigenvalue weighted by atomic mass is 16.5.